The SMILES string of the molecule is COc1ccc(Cl)cc1NC(=O)c1cc(N(C)c2ccccc2)nc(C)n1. The summed E-state index contributed by atoms with van der Waals surface area (Å²) < 4.78 is 5.27. The number of hydrogen-bond acceptors (Lipinski definition) is 5. The molecule has 27 heavy (non-hydrogen) atoms. The van der Waals surface area contributed by atoms with Crippen molar-refractivity contribution in [1.82, 2.24) is 9.97 Å². The Morgan fingerprint density at radius 1 is 1.11 bits per heavy atom. The normalized spacial score (nSPS) is 10.4. The maximum absolute atomic E-state index is 12.7. The second-order valence-corrected chi connectivity index (χ2v) is 6.29. The van der Waals surface area contributed by atoms with E-state index in [0.29, 0.717) is 28.1 Å². The standard InChI is InChI=1S/C20H19ClN4O2/c1-13-22-17(12-19(23-13)25(2)15-7-5-4-6-8-15)20(26)24-16-11-14(21)9-10-18(16)27-3/h4-12H,1-3H3,(H,24,26). The predicted molar refractivity (Wildman–Crippen MR) is 107 cm³/mol. The molecule has 1 amide bonds. The summed E-state index contributed by atoms with van der Waals surface area (Å²) >= 11 is 6.02. The fourth-order valence-corrected chi connectivity index (χ4v) is 2.76. The number of nitrogens with zero attached hydrogens (tertiary/aromatic N) is 3. The van der Waals surface area contributed by atoms with Gasteiger partial charge in [0.25, 0.3) is 5.91 Å². The minimum absolute atomic E-state index is 0.252. The topological polar surface area (TPSA) is 67.3 Å². The number of aryl methyl sites for hydroxylation is 1. The van der Waals surface area contributed by atoms with E-state index in [1.165, 1.54) is 7.11 Å². The number of halogens is 1. The van der Waals surface area contributed by atoms with Gasteiger partial charge in [-0.1, -0.05) is 29.8 Å². The van der Waals surface area contributed by atoms with Gasteiger partial charge in [-0.2, -0.15) is 0 Å². The van der Waals surface area contributed by atoms with Gasteiger partial charge in [0.15, 0.2) is 0 Å². The van der Waals surface area contributed by atoms with Crippen LogP contribution in [0.4, 0.5) is 17.2 Å². The van der Waals surface area contributed by atoms with Gasteiger partial charge >= 0.3 is 0 Å². The molecule has 0 bridgehead atoms. The highest BCUT2D eigenvalue weighted by atomic mass is 35.5. The molecule has 0 fully saturated rings. The second-order valence-electron chi connectivity index (χ2n) is 5.85. The predicted octanol–water partition coefficient (Wildman–Crippen LogP) is 4.47. The molecule has 0 aliphatic carbocycles. The highest BCUT2D eigenvalue weighted by Crippen LogP contribution is 2.28. The molecule has 0 unspecified atom stereocenters. The van der Waals surface area contributed by atoms with Crippen LogP contribution in [0.2, 0.25) is 5.02 Å². The Labute approximate surface area is 162 Å². The summed E-state index contributed by atoms with van der Waals surface area (Å²) in [5.74, 6) is 1.26. The number of anilines is 3. The summed E-state index contributed by atoms with van der Waals surface area (Å²) in [6.07, 6.45) is 0. The molecule has 1 aromatic heterocycles. The first-order valence-corrected chi connectivity index (χ1v) is 8.65. The molecule has 138 valence electrons. The first kappa shape index (κ1) is 18.7. The highest BCUT2D eigenvalue weighted by molar-refractivity contribution is 6.31. The van der Waals surface area contributed by atoms with Crippen LogP contribution >= 0.6 is 11.6 Å². The molecule has 0 saturated carbocycles. The van der Waals surface area contributed by atoms with Gasteiger partial charge in [0.1, 0.15) is 23.1 Å². The van der Waals surface area contributed by atoms with Gasteiger partial charge < -0.3 is 15.0 Å². The van der Waals surface area contributed by atoms with Crippen molar-refractivity contribution >= 4 is 34.7 Å². The van der Waals surface area contributed by atoms with Crippen molar-refractivity contribution < 1.29 is 9.53 Å². The zero-order valence-electron chi connectivity index (χ0n) is 15.2. The molecule has 1 N–H and O–H groups in total. The third-order valence-electron chi connectivity index (χ3n) is 3.95. The number of para-hydroxylation sites is 1. The smallest absolute Gasteiger partial charge is 0.274 e. The van der Waals surface area contributed by atoms with Crippen LogP contribution in [0.25, 0.3) is 0 Å². The lowest BCUT2D eigenvalue weighted by Gasteiger charge is -2.19. The Morgan fingerprint density at radius 3 is 2.56 bits per heavy atom. The molecular weight excluding hydrogens is 364 g/mol. The number of hydrogen-bond donors (Lipinski definition) is 1. The van der Waals surface area contributed by atoms with Gasteiger partial charge in [0.05, 0.1) is 12.8 Å². The van der Waals surface area contributed by atoms with Crippen molar-refractivity contribution in [2.24, 2.45) is 0 Å². The molecule has 0 radical (unpaired) electrons. The van der Waals surface area contributed by atoms with E-state index in [1.807, 2.05) is 42.3 Å². The lowest BCUT2D eigenvalue weighted by Crippen LogP contribution is -2.18. The van der Waals surface area contributed by atoms with Gasteiger partial charge in [-0.15, -0.1) is 0 Å². The summed E-state index contributed by atoms with van der Waals surface area (Å²) in [5, 5.41) is 3.29. The molecule has 3 rings (SSSR count). The van der Waals surface area contributed by atoms with Crippen molar-refractivity contribution in [3.63, 3.8) is 0 Å². The number of ether oxygens (including phenoxy) is 1. The van der Waals surface area contributed by atoms with Crippen LogP contribution in [-0.2, 0) is 0 Å². The van der Waals surface area contributed by atoms with Gasteiger partial charge in [0, 0.05) is 23.8 Å². The molecule has 0 spiro atoms. The quantitative estimate of drug-likeness (QED) is 0.705. The lowest BCUT2D eigenvalue weighted by molar-refractivity contribution is 0.102. The Balaban J connectivity index is 1.90. The van der Waals surface area contributed by atoms with Crippen LogP contribution in [0.3, 0.4) is 0 Å². The molecule has 0 atom stereocenters. The van der Waals surface area contributed by atoms with Crippen molar-refractivity contribution in [2.75, 3.05) is 24.4 Å². The number of benzene rings is 2. The number of methoxy groups -OCH3 is 1. The van der Waals surface area contributed by atoms with E-state index in [-0.39, 0.29) is 11.6 Å². The van der Waals surface area contributed by atoms with E-state index in [4.69, 9.17) is 16.3 Å². The number of carbonyl (C=O) groups is 1. The number of rotatable bonds is 5. The molecule has 2 aromatic carbocycles. The molecule has 3 aromatic rings. The molecule has 6 nitrogen and oxygen atoms in total. The zero-order valence-corrected chi connectivity index (χ0v) is 16.0. The molecule has 0 aliphatic rings. The largest absolute Gasteiger partial charge is 0.495 e. The van der Waals surface area contributed by atoms with E-state index < -0.39 is 0 Å². The van der Waals surface area contributed by atoms with Crippen LogP contribution in [0.5, 0.6) is 5.75 Å². The molecule has 1 heterocycles. The van der Waals surface area contributed by atoms with Crippen LogP contribution in [0, 0.1) is 6.92 Å². The maximum atomic E-state index is 12.7. The van der Waals surface area contributed by atoms with Crippen LogP contribution < -0.4 is 15.0 Å². The van der Waals surface area contributed by atoms with Crippen LogP contribution in [0.1, 0.15) is 16.3 Å². The lowest BCUT2D eigenvalue weighted by atomic mass is 10.2. The summed E-state index contributed by atoms with van der Waals surface area (Å²) in [6, 6.07) is 16.4. The number of amides is 1. The van der Waals surface area contributed by atoms with Gasteiger partial charge in [-0.05, 0) is 37.3 Å². The van der Waals surface area contributed by atoms with Crippen molar-refractivity contribution in [2.45, 2.75) is 6.92 Å². The average Bonchev–Trinajstić information content (AvgIpc) is 2.67. The third kappa shape index (κ3) is 4.35. The van der Waals surface area contributed by atoms with E-state index in [2.05, 4.69) is 15.3 Å². The second kappa shape index (κ2) is 8.05. The van der Waals surface area contributed by atoms with Crippen LogP contribution in [0.15, 0.2) is 54.6 Å². The third-order valence-corrected chi connectivity index (χ3v) is 4.19. The van der Waals surface area contributed by atoms with Gasteiger partial charge in [-0.25, -0.2) is 9.97 Å². The van der Waals surface area contributed by atoms with Gasteiger partial charge in [-0.3, -0.25) is 4.79 Å². The van der Waals surface area contributed by atoms with Crippen LogP contribution in [-0.4, -0.2) is 30.0 Å². The maximum Gasteiger partial charge on any atom is 0.274 e. The summed E-state index contributed by atoms with van der Waals surface area (Å²) in [4.78, 5) is 23.3. The number of carbonyl (C=O) groups excluding carboxylic acids is 1. The van der Waals surface area contributed by atoms with Gasteiger partial charge in [0.2, 0.25) is 0 Å². The summed E-state index contributed by atoms with van der Waals surface area (Å²) in [5.41, 5.74) is 1.69. The molecule has 7 heteroatoms. The fourth-order valence-electron chi connectivity index (χ4n) is 2.59. The summed E-state index contributed by atoms with van der Waals surface area (Å²) in [7, 11) is 3.42. The van der Waals surface area contributed by atoms with E-state index in [1.54, 1.807) is 31.2 Å². The number of aromatic nitrogens is 2. The number of nitrogens with one attached hydrogen (secondary N) is 1. The Hall–Kier alpha value is -3.12. The Bertz CT molecular complexity index is 963. The van der Waals surface area contributed by atoms with Crippen molar-refractivity contribution in [3.8, 4) is 5.75 Å². The van der Waals surface area contributed by atoms with E-state index >= 15 is 0 Å². The van der Waals surface area contributed by atoms with E-state index in [9.17, 15) is 4.79 Å². The molecule has 0 aliphatic heterocycles. The molecule has 0 saturated heterocycles. The average molecular weight is 383 g/mol. The first-order chi connectivity index (χ1) is 13.0. The Morgan fingerprint density at radius 2 is 1.85 bits per heavy atom. The highest BCUT2D eigenvalue weighted by Gasteiger charge is 2.15. The summed E-state index contributed by atoms with van der Waals surface area (Å²) in [6.45, 7) is 1.75. The monoisotopic (exact) mass is 382 g/mol. The molecular formula is C20H19ClN4O2. The minimum Gasteiger partial charge on any atom is -0.495 e. The van der Waals surface area contributed by atoms with Crippen molar-refractivity contribution in [1.29, 1.82) is 0 Å². The zero-order chi connectivity index (χ0) is 19.4. The van der Waals surface area contributed by atoms with E-state index in [0.717, 1.165) is 5.69 Å². The minimum atomic E-state index is -0.372. The fraction of sp³-hybridized carbons (Fsp3) is 0.150. The first-order valence-electron chi connectivity index (χ1n) is 8.27. The Kier molecular flexibility index (Phi) is 5.57. The van der Waals surface area contributed by atoms with Crippen molar-refractivity contribution in [3.05, 3.63) is 71.1 Å².